The van der Waals surface area contributed by atoms with Crippen LogP contribution < -0.4 is 9.46 Å². The van der Waals surface area contributed by atoms with Gasteiger partial charge in [0.05, 0.1) is 18.4 Å². The first-order valence-corrected chi connectivity index (χ1v) is 13.0. The molecule has 1 N–H and O–H groups in total. The van der Waals surface area contributed by atoms with Gasteiger partial charge in [-0.05, 0) is 68.3 Å². The van der Waals surface area contributed by atoms with Gasteiger partial charge in [0.25, 0.3) is 5.91 Å². The lowest BCUT2D eigenvalue weighted by Gasteiger charge is -2.32. The third-order valence-electron chi connectivity index (χ3n) is 6.17. The van der Waals surface area contributed by atoms with Crippen LogP contribution in [0.4, 0.5) is 8.78 Å². The molecule has 1 saturated carbocycles. The van der Waals surface area contributed by atoms with E-state index in [-0.39, 0.29) is 17.3 Å². The molecule has 1 amide bonds. The third kappa shape index (κ3) is 6.29. The Balaban J connectivity index is 1.36. The Morgan fingerprint density at radius 1 is 1.09 bits per heavy atom. The van der Waals surface area contributed by atoms with Crippen LogP contribution in [0, 0.1) is 17.6 Å². The zero-order valence-corrected chi connectivity index (χ0v) is 19.3. The number of benzene rings is 2. The number of carbonyl (C=O) groups excluding carboxylic acids is 1. The number of piperidine rings is 1. The van der Waals surface area contributed by atoms with Crippen LogP contribution in [0.25, 0.3) is 0 Å². The number of hydrogen-bond acceptors (Lipinski definition) is 5. The average molecular weight is 479 g/mol. The monoisotopic (exact) mass is 478 g/mol. The van der Waals surface area contributed by atoms with Crippen LogP contribution in [0.1, 0.15) is 53.1 Å². The van der Waals surface area contributed by atoms with Crippen molar-refractivity contribution in [3.05, 3.63) is 64.7 Å². The summed E-state index contributed by atoms with van der Waals surface area (Å²) >= 11 is 0. The molecule has 1 saturated heterocycles. The molecule has 2 aromatic carbocycles. The normalized spacial score (nSPS) is 17.7. The van der Waals surface area contributed by atoms with E-state index in [1.165, 1.54) is 18.2 Å². The van der Waals surface area contributed by atoms with Crippen LogP contribution in [0.2, 0.25) is 0 Å². The summed E-state index contributed by atoms with van der Waals surface area (Å²) in [6, 6.07) is 9.41. The van der Waals surface area contributed by atoms with Gasteiger partial charge in [-0.2, -0.15) is 0 Å². The van der Waals surface area contributed by atoms with Gasteiger partial charge in [-0.3, -0.25) is 9.69 Å². The Morgan fingerprint density at radius 2 is 1.79 bits per heavy atom. The molecule has 1 aliphatic carbocycles. The molecule has 1 aliphatic heterocycles. The summed E-state index contributed by atoms with van der Waals surface area (Å²) in [4.78, 5) is 14.4. The molecule has 0 unspecified atom stereocenters. The standard InChI is InChI=1S/C24H28F2N2O4S/c1-33(30,31)27-24(29)20-12-19(17-6-7-17)23(13-22(20)26)32-15-16-8-10-28(11-9-16)14-18-4-2-3-5-21(18)25/h2-5,12-13,16-17H,6-11,14-15H2,1H3,(H,27,29). The minimum absolute atomic E-state index is 0.188. The maximum Gasteiger partial charge on any atom is 0.267 e. The lowest BCUT2D eigenvalue weighted by atomic mass is 9.97. The van der Waals surface area contributed by atoms with Crippen molar-refractivity contribution >= 4 is 15.9 Å². The molecule has 0 spiro atoms. The topological polar surface area (TPSA) is 75.7 Å². The van der Waals surface area contributed by atoms with Crippen molar-refractivity contribution in [3.8, 4) is 5.75 Å². The fraction of sp³-hybridized carbons (Fsp3) is 0.458. The predicted molar refractivity (Wildman–Crippen MR) is 121 cm³/mol. The number of sulfonamides is 1. The molecule has 6 nitrogen and oxygen atoms in total. The quantitative estimate of drug-likeness (QED) is 0.624. The molecular formula is C24H28F2N2O4S. The summed E-state index contributed by atoms with van der Waals surface area (Å²) in [7, 11) is -3.79. The van der Waals surface area contributed by atoms with Gasteiger partial charge in [-0.25, -0.2) is 21.9 Å². The number of halogens is 2. The summed E-state index contributed by atoms with van der Waals surface area (Å²) in [5, 5.41) is 0. The van der Waals surface area contributed by atoms with Crippen molar-refractivity contribution in [1.29, 1.82) is 0 Å². The van der Waals surface area contributed by atoms with E-state index in [1.54, 1.807) is 12.1 Å². The molecule has 0 aromatic heterocycles. The molecular weight excluding hydrogens is 450 g/mol. The third-order valence-corrected chi connectivity index (χ3v) is 6.73. The van der Waals surface area contributed by atoms with Gasteiger partial charge >= 0.3 is 0 Å². The fourth-order valence-electron chi connectivity index (χ4n) is 4.19. The Hall–Kier alpha value is -2.52. The number of ether oxygens (including phenoxy) is 1. The van der Waals surface area contributed by atoms with Crippen molar-refractivity contribution in [2.24, 2.45) is 5.92 Å². The van der Waals surface area contributed by atoms with Crippen molar-refractivity contribution in [2.45, 2.75) is 38.1 Å². The first kappa shape index (κ1) is 23.6. The second-order valence-electron chi connectivity index (χ2n) is 8.97. The molecule has 2 aromatic rings. The highest BCUT2D eigenvalue weighted by Crippen LogP contribution is 2.45. The van der Waals surface area contributed by atoms with Gasteiger partial charge in [0, 0.05) is 18.2 Å². The van der Waals surface area contributed by atoms with E-state index in [9.17, 15) is 22.0 Å². The van der Waals surface area contributed by atoms with E-state index < -0.39 is 21.7 Å². The second kappa shape index (κ2) is 9.77. The maximum atomic E-state index is 14.6. The molecule has 4 rings (SSSR count). The summed E-state index contributed by atoms with van der Waals surface area (Å²) in [5.41, 5.74) is 1.14. The number of nitrogens with one attached hydrogen (secondary N) is 1. The summed E-state index contributed by atoms with van der Waals surface area (Å²) < 4.78 is 59.0. The van der Waals surface area contributed by atoms with E-state index in [0.717, 1.165) is 50.6 Å². The zero-order chi connectivity index (χ0) is 23.6. The van der Waals surface area contributed by atoms with Crippen LogP contribution in [0.15, 0.2) is 36.4 Å². The van der Waals surface area contributed by atoms with Crippen LogP contribution in [0.3, 0.4) is 0 Å². The average Bonchev–Trinajstić information content (AvgIpc) is 3.59. The van der Waals surface area contributed by atoms with E-state index in [2.05, 4.69) is 4.90 Å². The molecule has 1 heterocycles. The highest BCUT2D eigenvalue weighted by molar-refractivity contribution is 7.89. The molecule has 0 bridgehead atoms. The fourth-order valence-corrected chi connectivity index (χ4v) is 4.64. The lowest BCUT2D eigenvalue weighted by molar-refractivity contribution is 0.0977. The summed E-state index contributed by atoms with van der Waals surface area (Å²) in [6.07, 6.45) is 4.48. The Kier molecular flexibility index (Phi) is 6.99. The van der Waals surface area contributed by atoms with Gasteiger partial charge in [0.1, 0.15) is 17.4 Å². The first-order chi connectivity index (χ1) is 15.7. The van der Waals surface area contributed by atoms with Crippen molar-refractivity contribution in [3.63, 3.8) is 0 Å². The number of carbonyl (C=O) groups is 1. The van der Waals surface area contributed by atoms with Crippen LogP contribution in [-0.4, -0.2) is 45.2 Å². The molecule has 9 heteroatoms. The number of amides is 1. The predicted octanol–water partition coefficient (Wildman–Crippen LogP) is 3.82. The number of likely N-dealkylation sites (tertiary alicyclic amines) is 1. The van der Waals surface area contributed by atoms with E-state index >= 15 is 0 Å². The van der Waals surface area contributed by atoms with Gasteiger partial charge in [-0.1, -0.05) is 18.2 Å². The van der Waals surface area contributed by atoms with Gasteiger partial charge in [0.2, 0.25) is 10.0 Å². The Labute approximate surface area is 193 Å². The molecule has 33 heavy (non-hydrogen) atoms. The maximum absolute atomic E-state index is 14.6. The lowest BCUT2D eigenvalue weighted by Crippen LogP contribution is -2.35. The minimum Gasteiger partial charge on any atom is -0.493 e. The van der Waals surface area contributed by atoms with Gasteiger partial charge in [-0.15, -0.1) is 0 Å². The Bertz CT molecular complexity index is 1130. The smallest absolute Gasteiger partial charge is 0.267 e. The van der Waals surface area contributed by atoms with Crippen LogP contribution in [0.5, 0.6) is 5.75 Å². The van der Waals surface area contributed by atoms with Crippen molar-refractivity contribution in [2.75, 3.05) is 26.0 Å². The largest absolute Gasteiger partial charge is 0.493 e. The summed E-state index contributed by atoms with van der Waals surface area (Å²) in [5.74, 6) is -1.08. The van der Waals surface area contributed by atoms with E-state index in [0.29, 0.717) is 30.4 Å². The van der Waals surface area contributed by atoms with Crippen LogP contribution >= 0.6 is 0 Å². The van der Waals surface area contributed by atoms with E-state index in [1.807, 2.05) is 10.8 Å². The Morgan fingerprint density at radius 3 is 2.42 bits per heavy atom. The van der Waals surface area contributed by atoms with Crippen LogP contribution in [-0.2, 0) is 16.6 Å². The SMILES string of the molecule is CS(=O)(=O)NC(=O)c1cc(C2CC2)c(OCC2CCN(Cc3ccccc3F)CC2)cc1F. The molecule has 0 atom stereocenters. The number of hydrogen-bond donors (Lipinski definition) is 1. The number of nitrogens with zero attached hydrogens (tertiary/aromatic N) is 1. The number of rotatable bonds is 8. The van der Waals surface area contributed by atoms with Gasteiger partial charge < -0.3 is 4.74 Å². The first-order valence-electron chi connectivity index (χ1n) is 11.1. The molecule has 2 aliphatic rings. The highest BCUT2D eigenvalue weighted by atomic mass is 32.2. The zero-order valence-electron chi connectivity index (χ0n) is 18.5. The van der Waals surface area contributed by atoms with Crippen molar-refractivity contribution < 1.29 is 26.7 Å². The minimum atomic E-state index is -3.79. The van der Waals surface area contributed by atoms with E-state index in [4.69, 9.17) is 4.74 Å². The van der Waals surface area contributed by atoms with Gasteiger partial charge in [0.15, 0.2) is 0 Å². The molecule has 2 fully saturated rings. The highest BCUT2D eigenvalue weighted by Gasteiger charge is 2.30. The molecule has 0 radical (unpaired) electrons. The summed E-state index contributed by atoms with van der Waals surface area (Å²) in [6.45, 7) is 2.67. The second-order valence-corrected chi connectivity index (χ2v) is 10.7. The van der Waals surface area contributed by atoms with Crippen molar-refractivity contribution in [1.82, 2.24) is 9.62 Å². The molecule has 178 valence electrons.